The monoisotopic (exact) mass is 366 g/mol. The number of nitrogens with one attached hydrogen (secondary N) is 1. The summed E-state index contributed by atoms with van der Waals surface area (Å²) in [6.45, 7) is 3.00. The van der Waals surface area contributed by atoms with Gasteiger partial charge in [-0.3, -0.25) is 9.59 Å². The quantitative estimate of drug-likeness (QED) is 0.744. The summed E-state index contributed by atoms with van der Waals surface area (Å²) in [4.78, 5) is 35.3. The van der Waals surface area contributed by atoms with Gasteiger partial charge < -0.3 is 19.4 Å². The lowest BCUT2D eigenvalue weighted by Gasteiger charge is -2.27. The van der Waals surface area contributed by atoms with Gasteiger partial charge in [0.25, 0.3) is 5.91 Å². The molecule has 0 bridgehead atoms. The molecule has 3 aromatic rings. The summed E-state index contributed by atoms with van der Waals surface area (Å²) in [5, 5.41) is 3.14. The van der Waals surface area contributed by atoms with E-state index in [1.165, 1.54) is 6.07 Å². The van der Waals surface area contributed by atoms with Gasteiger partial charge >= 0.3 is 0 Å². The molecule has 0 radical (unpaired) electrons. The Bertz CT molecular complexity index is 1030. The van der Waals surface area contributed by atoms with Crippen LogP contribution < -0.4 is 15.6 Å². The van der Waals surface area contributed by atoms with Gasteiger partial charge in [-0.25, -0.2) is 9.97 Å². The standard InChI is InChI=1S/C19H18N4O4/c24-14-11-16(27-15-4-2-1-3-13(14)15)19(25)21-12-17-20-6-5-18(22-17)23-7-9-26-10-8-23/h1-6,11H,7-10,12H2,(H,21,25). The third kappa shape index (κ3) is 3.80. The number of benzene rings is 1. The lowest BCUT2D eigenvalue weighted by Crippen LogP contribution is -2.37. The molecule has 4 rings (SSSR count). The van der Waals surface area contributed by atoms with Crippen molar-refractivity contribution in [2.24, 2.45) is 0 Å². The maximum absolute atomic E-state index is 12.4. The summed E-state index contributed by atoms with van der Waals surface area (Å²) in [6.07, 6.45) is 1.66. The number of carbonyl (C=O) groups is 1. The molecule has 3 heterocycles. The van der Waals surface area contributed by atoms with Crippen molar-refractivity contribution >= 4 is 22.7 Å². The number of carbonyl (C=O) groups excluding carboxylic acids is 1. The molecule has 1 saturated heterocycles. The number of nitrogens with zero attached hydrogens (tertiary/aromatic N) is 3. The molecule has 138 valence electrons. The van der Waals surface area contributed by atoms with Gasteiger partial charge in [0.2, 0.25) is 0 Å². The Balaban J connectivity index is 1.47. The number of para-hydroxylation sites is 1. The molecular formula is C19H18N4O4. The molecule has 2 aromatic heterocycles. The Morgan fingerprint density at radius 3 is 2.85 bits per heavy atom. The minimum atomic E-state index is -0.488. The van der Waals surface area contributed by atoms with Gasteiger partial charge in [-0.1, -0.05) is 12.1 Å². The molecule has 8 heteroatoms. The zero-order valence-electron chi connectivity index (χ0n) is 14.6. The summed E-state index contributed by atoms with van der Waals surface area (Å²) >= 11 is 0. The third-order valence-corrected chi connectivity index (χ3v) is 4.29. The second kappa shape index (κ2) is 7.55. The Morgan fingerprint density at radius 1 is 1.19 bits per heavy atom. The average Bonchev–Trinajstić information content (AvgIpc) is 2.73. The van der Waals surface area contributed by atoms with Crippen molar-refractivity contribution < 1.29 is 13.9 Å². The maximum Gasteiger partial charge on any atom is 0.287 e. The predicted molar refractivity (Wildman–Crippen MR) is 98.7 cm³/mol. The van der Waals surface area contributed by atoms with Crippen LogP contribution in [0, 0.1) is 0 Å². The summed E-state index contributed by atoms with van der Waals surface area (Å²) in [5.74, 6) is 0.756. The van der Waals surface area contributed by atoms with Crippen LogP contribution in [-0.4, -0.2) is 42.2 Å². The van der Waals surface area contributed by atoms with Gasteiger partial charge in [0.1, 0.15) is 17.2 Å². The van der Waals surface area contributed by atoms with Gasteiger partial charge in [-0.2, -0.15) is 0 Å². The number of aromatic nitrogens is 2. The highest BCUT2D eigenvalue weighted by Gasteiger charge is 2.15. The molecule has 0 spiro atoms. The van der Waals surface area contributed by atoms with Crippen molar-refractivity contribution in [1.29, 1.82) is 0 Å². The molecule has 1 aliphatic heterocycles. The normalized spacial score (nSPS) is 14.3. The van der Waals surface area contributed by atoms with E-state index in [0.29, 0.717) is 30.0 Å². The highest BCUT2D eigenvalue weighted by molar-refractivity contribution is 5.93. The molecule has 27 heavy (non-hydrogen) atoms. The van der Waals surface area contributed by atoms with E-state index in [1.54, 1.807) is 30.5 Å². The molecule has 1 aromatic carbocycles. The summed E-state index contributed by atoms with van der Waals surface area (Å²) < 4.78 is 10.9. The number of fused-ring (bicyclic) bond motifs is 1. The van der Waals surface area contributed by atoms with E-state index in [9.17, 15) is 9.59 Å². The Kier molecular flexibility index (Phi) is 4.80. The smallest absolute Gasteiger partial charge is 0.287 e. The fourth-order valence-electron chi connectivity index (χ4n) is 2.90. The zero-order chi connectivity index (χ0) is 18.6. The van der Waals surface area contributed by atoms with Gasteiger partial charge in [-0.15, -0.1) is 0 Å². The van der Waals surface area contributed by atoms with Crippen molar-refractivity contribution in [3.8, 4) is 0 Å². The summed E-state index contributed by atoms with van der Waals surface area (Å²) in [6, 6.07) is 9.84. The van der Waals surface area contributed by atoms with Crippen molar-refractivity contribution in [2.45, 2.75) is 6.54 Å². The summed E-state index contributed by atoms with van der Waals surface area (Å²) in [7, 11) is 0. The Labute approximate surface area is 154 Å². The van der Waals surface area contributed by atoms with E-state index < -0.39 is 5.91 Å². The second-order valence-corrected chi connectivity index (χ2v) is 6.08. The van der Waals surface area contributed by atoms with Crippen molar-refractivity contribution in [1.82, 2.24) is 15.3 Å². The van der Waals surface area contributed by atoms with Crippen LogP contribution in [0.2, 0.25) is 0 Å². The van der Waals surface area contributed by atoms with Gasteiger partial charge in [0.05, 0.1) is 25.1 Å². The topological polar surface area (TPSA) is 97.6 Å². The molecule has 0 unspecified atom stereocenters. The van der Waals surface area contributed by atoms with Crippen LogP contribution in [-0.2, 0) is 11.3 Å². The number of hydrogen-bond acceptors (Lipinski definition) is 7. The molecule has 1 N–H and O–H groups in total. The van der Waals surface area contributed by atoms with E-state index in [-0.39, 0.29) is 17.7 Å². The highest BCUT2D eigenvalue weighted by atomic mass is 16.5. The first kappa shape index (κ1) is 17.2. The fraction of sp³-hybridized carbons (Fsp3) is 0.263. The van der Waals surface area contributed by atoms with Crippen molar-refractivity contribution in [3.05, 3.63) is 64.4 Å². The van der Waals surface area contributed by atoms with Gasteiger partial charge in [0, 0.05) is 25.4 Å². The maximum atomic E-state index is 12.4. The molecule has 1 fully saturated rings. The second-order valence-electron chi connectivity index (χ2n) is 6.08. The number of ether oxygens (including phenoxy) is 1. The minimum Gasteiger partial charge on any atom is -0.451 e. The Hall–Kier alpha value is -3.26. The van der Waals surface area contributed by atoms with Crippen LogP contribution in [0.4, 0.5) is 5.82 Å². The molecule has 1 amide bonds. The first-order chi connectivity index (χ1) is 13.2. The molecule has 1 aliphatic rings. The van der Waals surface area contributed by atoms with Crippen LogP contribution in [0.5, 0.6) is 0 Å². The third-order valence-electron chi connectivity index (χ3n) is 4.29. The van der Waals surface area contributed by atoms with Gasteiger partial charge in [0.15, 0.2) is 11.2 Å². The van der Waals surface area contributed by atoms with E-state index in [2.05, 4.69) is 20.2 Å². The van der Waals surface area contributed by atoms with E-state index in [1.807, 2.05) is 6.07 Å². The number of hydrogen-bond donors (Lipinski definition) is 1. The SMILES string of the molecule is O=C(NCc1nccc(N2CCOCC2)n1)c1cc(=O)c2ccccc2o1. The Morgan fingerprint density at radius 2 is 2.00 bits per heavy atom. The van der Waals surface area contributed by atoms with Crippen molar-refractivity contribution in [3.63, 3.8) is 0 Å². The van der Waals surface area contributed by atoms with Crippen LogP contribution in [0.1, 0.15) is 16.4 Å². The van der Waals surface area contributed by atoms with Crippen LogP contribution in [0.25, 0.3) is 11.0 Å². The van der Waals surface area contributed by atoms with Crippen LogP contribution >= 0.6 is 0 Å². The van der Waals surface area contributed by atoms with Gasteiger partial charge in [-0.05, 0) is 18.2 Å². The largest absolute Gasteiger partial charge is 0.451 e. The zero-order valence-corrected chi connectivity index (χ0v) is 14.6. The number of amides is 1. The molecule has 0 atom stereocenters. The molecular weight excluding hydrogens is 348 g/mol. The lowest BCUT2D eigenvalue weighted by molar-refractivity contribution is 0.0922. The first-order valence-electron chi connectivity index (χ1n) is 8.66. The summed E-state index contributed by atoms with van der Waals surface area (Å²) in [5.41, 5.74) is 0.119. The average molecular weight is 366 g/mol. The predicted octanol–water partition coefficient (Wildman–Crippen LogP) is 1.35. The fourth-order valence-corrected chi connectivity index (χ4v) is 2.90. The molecule has 0 aliphatic carbocycles. The first-order valence-corrected chi connectivity index (χ1v) is 8.66. The van der Waals surface area contributed by atoms with E-state index in [4.69, 9.17) is 9.15 Å². The number of morpholine rings is 1. The minimum absolute atomic E-state index is 0.0389. The van der Waals surface area contributed by atoms with Crippen LogP contribution in [0.3, 0.4) is 0 Å². The van der Waals surface area contributed by atoms with Crippen molar-refractivity contribution in [2.75, 3.05) is 31.2 Å². The molecule has 0 saturated carbocycles. The van der Waals surface area contributed by atoms with E-state index >= 15 is 0 Å². The molecule has 8 nitrogen and oxygen atoms in total. The van der Waals surface area contributed by atoms with Crippen LogP contribution in [0.15, 0.2) is 51.8 Å². The highest BCUT2D eigenvalue weighted by Crippen LogP contribution is 2.13. The number of anilines is 1. The van der Waals surface area contributed by atoms with E-state index in [0.717, 1.165) is 18.9 Å². The lowest BCUT2D eigenvalue weighted by atomic mass is 10.2. The number of rotatable bonds is 4.